The summed E-state index contributed by atoms with van der Waals surface area (Å²) in [6, 6.07) is 6.45. The monoisotopic (exact) mass is 2090 g/mol. The molecule has 7 aliphatic heterocycles. The van der Waals surface area contributed by atoms with Gasteiger partial charge in [0.15, 0.2) is 16.7 Å². The second-order valence-electron chi connectivity index (χ2n) is 49.2. The number of alkyl carbamates (subject to hydrolysis) is 1. The highest BCUT2D eigenvalue weighted by atomic mass is 35.5. The van der Waals surface area contributed by atoms with Crippen molar-refractivity contribution in [2.75, 3.05) is 91.6 Å². The van der Waals surface area contributed by atoms with Gasteiger partial charge < -0.3 is 116 Å². The van der Waals surface area contributed by atoms with E-state index in [1.807, 2.05) is 151 Å². The molecule has 7 amide bonds. The van der Waals surface area contributed by atoms with Crippen molar-refractivity contribution in [3.8, 4) is 0 Å². The highest BCUT2D eigenvalue weighted by Crippen LogP contribution is 2.64. The summed E-state index contributed by atoms with van der Waals surface area (Å²) in [6.07, 6.45) is 12.0. The summed E-state index contributed by atoms with van der Waals surface area (Å²) in [5.41, 5.74) is -1.77. The van der Waals surface area contributed by atoms with Gasteiger partial charge in [0.25, 0.3) is 0 Å². The van der Waals surface area contributed by atoms with Gasteiger partial charge in [0.1, 0.15) is 57.9 Å². The number of aliphatic hydroxyl groups is 1. The molecule has 7 saturated heterocycles. The predicted molar refractivity (Wildman–Crippen MR) is 521 cm³/mol. The number of ketones is 1. The van der Waals surface area contributed by atoms with E-state index in [1.54, 1.807) is 48.6 Å². The van der Waals surface area contributed by atoms with Crippen molar-refractivity contribution in [1.29, 1.82) is 0 Å². The Balaban J connectivity index is 0.000000158. The third-order valence-electron chi connectivity index (χ3n) is 28.7. The van der Waals surface area contributed by atoms with Crippen molar-refractivity contribution < 1.29 is 132 Å². The third-order valence-corrected chi connectivity index (χ3v) is 29.2. The zero-order valence-electron chi connectivity index (χ0n) is 88.3. The van der Waals surface area contributed by atoms with Crippen LogP contribution in [-0.2, 0) is 76.3 Å². The number of carbonyl (C=O) groups excluding carboxylic acids is 10. The Morgan fingerprint density at radius 3 is 1.16 bits per heavy atom. The molecule has 11 heterocycles. The van der Waals surface area contributed by atoms with Crippen LogP contribution in [0.4, 0.5) is 51.1 Å². The average molecular weight is 2090 g/mol. The molecule has 810 valence electrons. The Morgan fingerprint density at radius 1 is 0.469 bits per heavy atom. The number of ether oxygens (including phenoxy) is 7. The number of likely N-dealkylation sites (tertiary alicyclic amines) is 6. The number of nitrogens with zero attached hydrogens (tertiary/aromatic N) is 12. The second-order valence-corrected chi connectivity index (χ2v) is 49.6. The van der Waals surface area contributed by atoms with Crippen LogP contribution in [0.15, 0.2) is 52.7 Å². The highest BCUT2D eigenvalue weighted by molar-refractivity contribution is 6.67. The standard InChI is InChI=1S/C15H20F2N2O3.C15H22N2O4.C15H20N2O4.C13H23NO3.C11H17ClN2O3.C11H18N2O3.C11H17NO3.C10H12F2N2O.ClH/c1-13(2,3)21-12(20)19-7-9-6-15(9,8-19)10-5-11(22-18-10)14(4,16)17;2*1-9(18)11-5-12(16-21-11)15-6-10(15)7-17(8-15)13(19)20-14(2,3)4;1-13(2,3)17-12(16)14-11-6-4-10(5-7-11)8-9-15;1-10(2,3)17-9(15)14-5-7-4-11(7,6-14)8(12)13-16;1-10(2,3)16-9(14)13-5-8-4-11(8,7-13)6-12-15;1-10(2,3)15-9(14)12-5-8-4-11(8,6-12)7-13;1-9(11,12)8-2-7(14-15-8)10-3-6(10)4-13-5-10;/h5,9H,6-8H2,1-4H3;5,9-10,18H,6-8H2,1-4H3;5,10H,6-8H2,1-4H3;9-11H,4-8H2,1-3H3,(H,14,16);7,16H,4-6H2,1-3H3;6,8,15H,4-5,7H2,1-3H3;7-8H,4-6H2,1-3H3;2,6,13H,3-5H2,1H3;1H/b;;;;13-8-;12-6+;;;. The molecule has 15 aliphatic rings. The maximum atomic E-state index is 13.3. The maximum Gasteiger partial charge on any atom is 0.410 e. The van der Waals surface area contributed by atoms with Crippen molar-refractivity contribution in [2.45, 2.75) is 335 Å². The van der Waals surface area contributed by atoms with Crippen LogP contribution in [0, 0.1) is 63.6 Å². The van der Waals surface area contributed by atoms with E-state index in [4.69, 9.17) is 73.3 Å². The van der Waals surface area contributed by atoms with E-state index in [-0.39, 0.29) is 127 Å². The molecule has 0 radical (unpaired) electrons. The first-order valence-electron chi connectivity index (χ1n) is 49.8. The van der Waals surface area contributed by atoms with Crippen LogP contribution in [0.5, 0.6) is 0 Å². The average Bonchev–Trinajstić information content (AvgIpc) is 1.54. The van der Waals surface area contributed by atoms with E-state index in [0.29, 0.717) is 144 Å². The summed E-state index contributed by atoms with van der Waals surface area (Å²) in [5.74, 6) is -2.90. The molecule has 15 atom stereocenters. The molecule has 15 unspecified atom stereocenters. The largest absolute Gasteiger partial charge is 0.444 e. The van der Waals surface area contributed by atoms with Gasteiger partial charge in [-0.25, -0.2) is 33.6 Å². The zero-order chi connectivity index (χ0) is 107. The molecule has 5 N–H and O–H groups in total. The van der Waals surface area contributed by atoms with E-state index in [1.165, 1.54) is 19.1 Å². The number of amides is 7. The Bertz CT molecular complexity index is 5370. The van der Waals surface area contributed by atoms with Crippen molar-refractivity contribution in [3.63, 3.8) is 0 Å². The van der Waals surface area contributed by atoms with Gasteiger partial charge >= 0.3 is 54.5 Å². The first kappa shape index (κ1) is 115. The van der Waals surface area contributed by atoms with Crippen LogP contribution in [0.3, 0.4) is 0 Å². The minimum absolute atomic E-state index is 0. The normalized spacial score (nSPS) is 29.8. The van der Waals surface area contributed by atoms with Crippen molar-refractivity contribution in [2.24, 2.45) is 73.9 Å². The Labute approximate surface area is 855 Å². The van der Waals surface area contributed by atoms with Crippen LogP contribution in [0.1, 0.15) is 307 Å². The number of aldehydes is 2. The van der Waals surface area contributed by atoms with Gasteiger partial charge in [-0.2, -0.15) is 17.6 Å². The van der Waals surface area contributed by atoms with Crippen molar-refractivity contribution in [3.05, 3.63) is 70.1 Å². The zero-order valence-corrected chi connectivity index (χ0v) is 89.9. The number of hydrogen-bond donors (Lipinski definition) is 5. The van der Waals surface area contributed by atoms with Gasteiger partial charge in [-0.15, -0.1) is 17.6 Å². The number of oxime groups is 2. The first-order valence-corrected chi connectivity index (χ1v) is 50.1. The van der Waals surface area contributed by atoms with Crippen LogP contribution >= 0.6 is 24.0 Å². The van der Waals surface area contributed by atoms with Crippen LogP contribution in [0.2, 0.25) is 0 Å². The summed E-state index contributed by atoms with van der Waals surface area (Å²) in [4.78, 5) is 126. The summed E-state index contributed by atoms with van der Waals surface area (Å²) >= 11 is 5.88. The number of aliphatic hydroxyl groups excluding tert-OH is 1. The number of fused-ring (bicyclic) bond motifs is 7. The molecule has 4 aromatic heterocycles. The lowest BCUT2D eigenvalue weighted by molar-refractivity contribution is -0.112. The predicted octanol–water partition coefficient (Wildman–Crippen LogP) is 18.1. The molecule has 15 fully saturated rings. The fourth-order valence-corrected chi connectivity index (χ4v) is 20.9. The second kappa shape index (κ2) is 42.1. The molecule has 4 aromatic rings. The number of piperidine rings is 7. The lowest BCUT2D eigenvalue weighted by atomic mass is 9.84. The van der Waals surface area contributed by atoms with E-state index in [9.17, 15) is 70.6 Å². The topological polar surface area (TPSA) is 468 Å². The number of rotatable bonds is 14. The number of nitrogens with one attached hydrogen (secondary N) is 2. The summed E-state index contributed by atoms with van der Waals surface area (Å²) in [6.45, 7) is 52.5. The molecule has 8 saturated carbocycles. The van der Waals surface area contributed by atoms with Gasteiger partial charge in [0.2, 0.25) is 17.3 Å². The van der Waals surface area contributed by atoms with Crippen LogP contribution < -0.4 is 10.6 Å². The van der Waals surface area contributed by atoms with Crippen LogP contribution in [0.25, 0.3) is 0 Å². The summed E-state index contributed by atoms with van der Waals surface area (Å²) < 4.78 is 109. The minimum Gasteiger partial charge on any atom is -0.444 e. The molecule has 44 heteroatoms. The Morgan fingerprint density at radius 2 is 0.821 bits per heavy atom. The Kier molecular flexibility index (Phi) is 33.5. The van der Waals surface area contributed by atoms with E-state index in [2.05, 4.69) is 41.6 Å². The lowest BCUT2D eigenvalue weighted by Crippen LogP contribution is -2.40. The number of halogens is 6. The van der Waals surface area contributed by atoms with Crippen LogP contribution in [-0.4, -0.2) is 275 Å². The summed E-state index contributed by atoms with van der Waals surface area (Å²) in [7, 11) is 0. The SMILES string of the molecule is CC(=O)c1cc(C23CC2CN(C(=O)OC(C)(C)C)C3)no1.CC(C)(C)OC(=O)N1CC2CC2(/C(Cl)=N/O)C1.CC(C)(C)OC(=O)N1CC2CC2(/C=N/O)C1.CC(C)(C)OC(=O)N1CC2CC2(C=O)C1.CC(C)(C)OC(=O)N1CC2CC2(c2cc(C(C)(F)F)on2)C1.CC(C)(C)OC(=O)NC1CCC(CC=O)CC1.CC(F)(F)c1cc(C23CNCC2C3)no1.CC(O)c1cc(C23CC2CN(C(=O)OC(C)(C)C)C3)no1.Cl. The fourth-order valence-electron chi connectivity index (χ4n) is 20.6. The van der Waals surface area contributed by atoms with Gasteiger partial charge in [0.05, 0.1) is 29.0 Å². The van der Waals surface area contributed by atoms with Crippen molar-refractivity contribution >= 4 is 96.4 Å². The van der Waals surface area contributed by atoms with Gasteiger partial charge in [-0.1, -0.05) is 37.4 Å². The molecule has 0 bridgehead atoms. The fraction of sp³-hybridized carbons (Fsp3) is 0.762. The van der Waals surface area contributed by atoms with E-state index in [0.717, 1.165) is 122 Å². The summed E-state index contributed by atoms with van der Waals surface area (Å²) in [5, 5.41) is 55.0. The van der Waals surface area contributed by atoms with Gasteiger partial charge in [-0.05, 0) is 277 Å². The highest BCUT2D eigenvalue weighted by Gasteiger charge is 2.69. The molecule has 8 aliphatic carbocycles. The van der Waals surface area contributed by atoms with E-state index < -0.39 is 62.9 Å². The molecule has 145 heavy (non-hydrogen) atoms. The lowest BCUT2D eigenvalue weighted by Gasteiger charge is -2.29. The number of hydrogen-bond acceptors (Lipinski definition) is 31. The number of alkyl halides is 4. The molecule has 0 spiro atoms. The molecule has 19 rings (SSSR count). The van der Waals surface area contributed by atoms with Gasteiger partial charge in [-0.3, -0.25) is 4.79 Å². The van der Waals surface area contributed by atoms with E-state index >= 15 is 0 Å². The molecular formula is C101H150Cl2F4N14O24. The van der Waals surface area contributed by atoms with Gasteiger partial charge in [0, 0.05) is 180 Å². The minimum atomic E-state index is -3.05. The Hall–Kier alpha value is -10.1. The quantitative estimate of drug-likeness (QED) is 0.0149. The maximum absolute atomic E-state index is 13.3. The third kappa shape index (κ3) is 28.7. The molecule has 0 aromatic carbocycles. The number of carbonyl (C=O) groups is 10. The molecular weight excluding hydrogens is 1940 g/mol. The number of Topliss-reactive ketones (excluding diaryl/α,β-unsaturated/α-hetero) is 1. The number of aromatic nitrogens is 4. The first-order chi connectivity index (χ1) is 66.4. The molecule has 38 nitrogen and oxygen atoms in total. The smallest absolute Gasteiger partial charge is 0.410 e. The van der Waals surface area contributed by atoms with Crippen molar-refractivity contribution in [1.82, 2.24) is 60.7 Å².